The monoisotopic (exact) mass is 809 g/mol. The highest BCUT2D eigenvalue weighted by Crippen LogP contribution is 2.40. The van der Waals surface area contributed by atoms with Gasteiger partial charge in [0.2, 0.25) is 15.9 Å². The molecule has 6 rings (SSSR count). The summed E-state index contributed by atoms with van der Waals surface area (Å²) < 4.78 is 75.0. The molecule has 2 heterocycles. The second-order valence-electron chi connectivity index (χ2n) is 14.3. The molecule has 2 saturated heterocycles. The fourth-order valence-corrected chi connectivity index (χ4v) is 8.84. The number of fused-ring (bicyclic) bond motifs is 3. The van der Waals surface area contributed by atoms with E-state index < -0.39 is 57.2 Å². The maximum absolute atomic E-state index is 16.5. The normalized spacial score (nSPS) is 22.2. The Labute approximate surface area is 299 Å². The molecule has 2 N–H and O–H groups in total. The van der Waals surface area contributed by atoms with Gasteiger partial charge < -0.3 is 19.7 Å². The number of alkyl carbamates (subject to hydrolysis) is 1. The lowest BCUT2D eigenvalue weighted by atomic mass is 9.94. The Bertz CT molecular complexity index is 1800. The van der Waals surface area contributed by atoms with Crippen molar-refractivity contribution in [1.29, 1.82) is 0 Å². The molecular formula is C36H42F2IN3O6S. The number of piperidine rings is 1. The van der Waals surface area contributed by atoms with Gasteiger partial charge in [0, 0.05) is 27.3 Å². The average Bonchev–Trinajstić information content (AvgIpc) is 3.63. The summed E-state index contributed by atoms with van der Waals surface area (Å²) in [6.45, 7) is 5.27. The third-order valence-electron chi connectivity index (χ3n) is 9.52. The van der Waals surface area contributed by atoms with Gasteiger partial charge >= 0.3 is 6.09 Å². The smallest absolute Gasteiger partial charge is 0.407 e. The molecule has 0 aromatic heterocycles. The lowest BCUT2D eigenvalue weighted by Gasteiger charge is -2.42. The average molecular weight is 810 g/mol. The van der Waals surface area contributed by atoms with E-state index in [1.54, 1.807) is 39.0 Å². The van der Waals surface area contributed by atoms with Crippen molar-refractivity contribution in [2.75, 3.05) is 0 Å². The van der Waals surface area contributed by atoms with Crippen molar-refractivity contribution < 1.29 is 36.3 Å². The second kappa shape index (κ2) is 13.9. The first-order valence-corrected chi connectivity index (χ1v) is 19.3. The predicted octanol–water partition coefficient (Wildman–Crippen LogP) is 7.25. The number of sulfonamides is 1. The van der Waals surface area contributed by atoms with Gasteiger partial charge in [-0.15, -0.1) is 0 Å². The Morgan fingerprint density at radius 3 is 2.14 bits per heavy atom. The van der Waals surface area contributed by atoms with Crippen LogP contribution in [0.1, 0.15) is 77.7 Å². The van der Waals surface area contributed by atoms with Crippen LogP contribution < -0.4 is 14.8 Å². The molecule has 0 spiro atoms. The van der Waals surface area contributed by atoms with E-state index >= 15 is 8.78 Å². The van der Waals surface area contributed by atoms with Crippen molar-refractivity contribution in [1.82, 2.24) is 14.9 Å². The van der Waals surface area contributed by atoms with Gasteiger partial charge in [-0.1, -0.05) is 24.3 Å². The molecule has 0 radical (unpaired) electrons. The summed E-state index contributed by atoms with van der Waals surface area (Å²) in [6, 6.07) is 11.5. The van der Waals surface area contributed by atoms with Crippen LogP contribution in [-0.2, 0) is 25.5 Å². The van der Waals surface area contributed by atoms with Crippen LogP contribution in [0.15, 0.2) is 65.6 Å². The molecule has 49 heavy (non-hydrogen) atoms. The van der Waals surface area contributed by atoms with Gasteiger partial charge in [-0.05, 0) is 142 Å². The molecule has 2 bridgehead atoms. The molecule has 3 atom stereocenters. The maximum Gasteiger partial charge on any atom is 0.407 e. The number of hydrogen-bond acceptors (Lipinski definition) is 6. The highest BCUT2D eigenvalue weighted by atomic mass is 127. The molecule has 3 aromatic carbocycles. The number of benzene rings is 3. The van der Waals surface area contributed by atoms with Crippen molar-refractivity contribution in [3.63, 3.8) is 0 Å². The van der Waals surface area contributed by atoms with E-state index in [0.29, 0.717) is 40.4 Å². The molecule has 264 valence electrons. The summed E-state index contributed by atoms with van der Waals surface area (Å²) in [6.07, 6.45) is 5.61. The van der Waals surface area contributed by atoms with Crippen LogP contribution in [0, 0.1) is 3.57 Å². The van der Waals surface area contributed by atoms with Crippen LogP contribution in [0.2, 0.25) is 0 Å². The molecule has 3 aliphatic rings. The molecule has 2 amide bonds. The van der Waals surface area contributed by atoms with Crippen molar-refractivity contribution in [3.8, 4) is 5.75 Å². The van der Waals surface area contributed by atoms with Gasteiger partial charge in [0.1, 0.15) is 11.4 Å². The molecular weight excluding hydrogens is 767 g/mol. The summed E-state index contributed by atoms with van der Waals surface area (Å²) in [5.74, 6) is -4.19. The van der Waals surface area contributed by atoms with Crippen LogP contribution >= 0.6 is 22.6 Å². The highest BCUT2D eigenvalue weighted by molar-refractivity contribution is 14.1. The lowest BCUT2D eigenvalue weighted by molar-refractivity contribution is -0.149. The quantitative estimate of drug-likeness (QED) is 0.220. The molecule has 3 fully saturated rings. The molecule has 2 unspecified atom stereocenters. The van der Waals surface area contributed by atoms with Gasteiger partial charge in [-0.3, -0.25) is 4.79 Å². The Balaban J connectivity index is 1.26. The largest absolute Gasteiger partial charge is 0.490 e. The third kappa shape index (κ3) is 8.14. The summed E-state index contributed by atoms with van der Waals surface area (Å²) in [7, 11) is -4.61. The van der Waals surface area contributed by atoms with Crippen LogP contribution in [0.3, 0.4) is 0 Å². The summed E-state index contributed by atoms with van der Waals surface area (Å²) in [5, 5.41) is 4.19. The Morgan fingerprint density at radius 1 is 0.898 bits per heavy atom. The van der Waals surface area contributed by atoms with E-state index in [0.717, 1.165) is 31.1 Å². The number of halogens is 3. The van der Waals surface area contributed by atoms with Crippen LogP contribution in [0.25, 0.3) is 10.8 Å². The van der Waals surface area contributed by atoms with Crippen LogP contribution in [0.4, 0.5) is 13.6 Å². The van der Waals surface area contributed by atoms with Crippen LogP contribution in [0.5, 0.6) is 5.75 Å². The van der Waals surface area contributed by atoms with E-state index in [1.165, 1.54) is 41.3 Å². The zero-order valence-electron chi connectivity index (χ0n) is 27.8. The topological polar surface area (TPSA) is 114 Å². The highest BCUT2D eigenvalue weighted by Gasteiger charge is 2.54. The first kappa shape index (κ1) is 35.8. The molecule has 1 aliphatic carbocycles. The fourth-order valence-electron chi connectivity index (χ4n) is 7.26. The number of carbonyl (C=O) groups is 2. The Morgan fingerprint density at radius 2 is 1.51 bits per heavy atom. The lowest BCUT2D eigenvalue weighted by Crippen LogP contribution is -2.61. The molecule has 1 saturated carbocycles. The van der Waals surface area contributed by atoms with Gasteiger partial charge in [0.05, 0.1) is 11.0 Å². The number of ether oxygens (including phenoxy) is 2. The summed E-state index contributed by atoms with van der Waals surface area (Å²) in [5.41, 5.74) is -1.17. The number of rotatable bonds is 9. The number of alkyl halides is 2. The standard InChI is InChI=1S/C36H42F2IN3O6S/c1-35(2,3)48-34(44)40-26-20-27-14-15-28(21-26)42(27)33(43)32(36(37,38)24-10-12-25(39)13-11-24)41-49(45,46)31-17-9-22-18-30(16-8-23(22)19-31)47-29-6-4-5-7-29/h8-13,16-19,26-29,32,41H,4-7,14-15,20-21H2,1-3H3,(H,40,44)/t26?,27?,28?,32-/m1/s1. The Hall–Kier alpha value is -3.04. The van der Waals surface area contributed by atoms with E-state index in [2.05, 4.69) is 10.0 Å². The SMILES string of the molecule is CC(C)(C)OC(=O)NC1CC2CCC(C1)N2C(=O)[C@@H](NS(=O)(=O)c1ccc2cc(OC3CCCC3)ccc2c1)C(F)(F)c1ccc(I)cc1. The number of nitrogens with one attached hydrogen (secondary N) is 2. The zero-order chi connectivity index (χ0) is 35.1. The first-order chi connectivity index (χ1) is 23.1. The van der Waals surface area contributed by atoms with Crippen molar-refractivity contribution >= 4 is 55.4 Å². The predicted molar refractivity (Wildman–Crippen MR) is 190 cm³/mol. The minimum atomic E-state index is -4.61. The van der Waals surface area contributed by atoms with Crippen LogP contribution in [-0.4, -0.2) is 61.2 Å². The molecule has 3 aromatic rings. The van der Waals surface area contributed by atoms with E-state index in [4.69, 9.17) is 9.47 Å². The van der Waals surface area contributed by atoms with Gasteiger partial charge in [0.25, 0.3) is 5.92 Å². The number of carbonyl (C=O) groups excluding carboxylic acids is 2. The van der Waals surface area contributed by atoms with E-state index in [9.17, 15) is 18.0 Å². The second-order valence-corrected chi connectivity index (χ2v) is 17.3. The van der Waals surface area contributed by atoms with Crippen molar-refractivity contribution in [2.24, 2.45) is 0 Å². The van der Waals surface area contributed by atoms with E-state index in [-0.39, 0.29) is 17.0 Å². The minimum Gasteiger partial charge on any atom is -0.490 e. The third-order valence-corrected chi connectivity index (χ3v) is 11.7. The summed E-state index contributed by atoms with van der Waals surface area (Å²) >= 11 is 1.99. The number of nitrogens with zero attached hydrogens (tertiary/aromatic N) is 1. The molecule has 9 nitrogen and oxygen atoms in total. The van der Waals surface area contributed by atoms with Gasteiger partial charge in [0.15, 0.2) is 6.04 Å². The fraction of sp³-hybridized carbons (Fsp3) is 0.500. The first-order valence-electron chi connectivity index (χ1n) is 16.8. The number of amides is 2. The molecule has 2 aliphatic heterocycles. The number of hydrogen-bond donors (Lipinski definition) is 2. The Kier molecular flexibility index (Phi) is 10.2. The summed E-state index contributed by atoms with van der Waals surface area (Å²) in [4.78, 5) is 27.9. The zero-order valence-corrected chi connectivity index (χ0v) is 30.7. The van der Waals surface area contributed by atoms with Crippen molar-refractivity contribution in [3.05, 3.63) is 69.8 Å². The van der Waals surface area contributed by atoms with Gasteiger partial charge in [-0.25, -0.2) is 13.2 Å². The van der Waals surface area contributed by atoms with Crippen molar-refractivity contribution in [2.45, 2.75) is 119 Å². The van der Waals surface area contributed by atoms with Gasteiger partial charge in [-0.2, -0.15) is 13.5 Å². The molecule has 13 heteroatoms. The maximum atomic E-state index is 16.5. The van der Waals surface area contributed by atoms with E-state index in [1.807, 2.05) is 28.7 Å². The minimum absolute atomic E-state index is 0.160.